The standard InChI is InChI=1S/C23H21N3O2S/c1-16-13-20(17(2)26(16)14-18-9-5-3-6-10-18)21(27)15-29-23-25-24-22(28-23)19-11-7-4-8-12-19/h3-13H,14-15H2,1-2H3. The second kappa shape index (κ2) is 8.49. The fraction of sp³-hybridized carbons (Fsp3) is 0.174. The molecule has 6 heteroatoms. The number of nitrogens with zero attached hydrogens (tertiary/aromatic N) is 3. The smallest absolute Gasteiger partial charge is 0.277 e. The summed E-state index contributed by atoms with van der Waals surface area (Å²) in [5.74, 6) is 0.773. The van der Waals surface area contributed by atoms with Gasteiger partial charge in [-0.25, -0.2) is 0 Å². The summed E-state index contributed by atoms with van der Waals surface area (Å²) < 4.78 is 7.85. The molecule has 2 heterocycles. The summed E-state index contributed by atoms with van der Waals surface area (Å²) in [4.78, 5) is 12.8. The monoisotopic (exact) mass is 403 g/mol. The first-order valence-corrected chi connectivity index (χ1v) is 10.4. The molecular formula is C23H21N3O2S. The van der Waals surface area contributed by atoms with Gasteiger partial charge < -0.3 is 8.98 Å². The summed E-state index contributed by atoms with van der Waals surface area (Å²) in [6.45, 7) is 4.78. The SMILES string of the molecule is Cc1cc(C(=O)CSc2nnc(-c3ccccc3)o2)c(C)n1Cc1ccccc1. The largest absolute Gasteiger partial charge is 0.411 e. The molecule has 146 valence electrons. The van der Waals surface area contributed by atoms with Crippen LogP contribution in [-0.4, -0.2) is 26.3 Å². The quantitative estimate of drug-likeness (QED) is 0.314. The van der Waals surface area contributed by atoms with Crippen LogP contribution >= 0.6 is 11.8 Å². The van der Waals surface area contributed by atoms with Crippen LogP contribution in [0.4, 0.5) is 0 Å². The van der Waals surface area contributed by atoms with E-state index in [0.717, 1.165) is 29.1 Å². The van der Waals surface area contributed by atoms with E-state index in [0.29, 0.717) is 11.1 Å². The summed E-state index contributed by atoms with van der Waals surface area (Å²) in [6, 6.07) is 21.8. The first-order chi connectivity index (χ1) is 14.1. The number of Topliss-reactive ketones (excluding diaryl/α,β-unsaturated/α-hetero) is 1. The Balaban J connectivity index is 1.44. The molecule has 0 N–H and O–H groups in total. The molecule has 0 fully saturated rings. The summed E-state index contributed by atoms with van der Waals surface area (Å²) in [7, 11) is 0. The Morgan fingerprint density at radius 3 is 2.41 bits per heavy atom. The van der Waals surface area contributed by atoms with Gasteiger partial charge in [-0.1, -0.05) is 60.3 Å². The maximum atomic E-state index is 12.8. The molecule has 0 amide bonds. The third-order valence-electron chi connectivity index (χ3n) is 4.81. The lowest BCUT2D eigenvalue weighted by Crippen LogP contribution is -2.07. The Hall–Kier alpha value is -3.12. The van der Waals surface area contributed by atoms with Gasteiger partial charge >= 0.3 is 0 Å². The lowest BCUT2D eigenvalue weighted by Gasteiger charge is -2.09. The fourth-order valence-electron chi connectivity index (χ4n) is 3.26. The summed E-state index contributed by atoms with van der Waals surface area (Å²) >= 11 is 1.27. The van der Waals surface area contributed by atoms with Crippen LogP contribution < -0.4 is 0 Å². The average Bonchev–Trinajstić information content (AvgIpc) is 3.34. The van der Waals surface area contributed by atoms with Gasteiger partial charge in [0, 0.05) is 29.1 Å². The highest BCUT2D eigenvalue weighted by molar-refractivity contribution is 7.99. The molecule has 0 saturated carbocycles. The Morgan fingerprint density at radius 2 is 1.69 bits per heavy atom. The molecule has 0 aliphatic carbocycles. The molecule has 0 atom stereocenters. The van der Waals surface area contributed by atoms with Crippen molar-refractivity contribution in [2.24, 2.45) is 0 Å². The molecule has 2 aromatic carbocycles. The summed E-state index contributed by atoms with van der Waals surface area (Å²) in [6.07, 6.45) is 0. The molecule has 0 aliphatic heterocycles. The molecule has 0 aliphatic rings. The number of aromatic nitrogens is 3. The van der Waals surface area contributed by atoms with E-state index in [-0.39, 0.29) is 11.5 Å². The number of benzene rings is 2. The molecule has 0 unspecified atom stereocenters. The molecule has 5 nitrogen and oxygen atoms in total. The van der Waals surface area contributed by atoms with Crippen molar-refractivity contribution in [1.82, 2.24) is 14.8 Å². The van der Waals surface area contributed by atoms with Crippen molar-refractivity contribution in [3.8, 4) is 11.5 Å². The lowest BCUT2D eigenvalue weighted by molar-refractivity contribution is 0.102. The minimum Gasteiger partial charge on any atom is -0.411 e. The van der Waals surface area contributed by atoms with E-state index < -0.39 is 0 Å². The molecule has 29 heavy (non-hydrogen) atoms. The van der Waals surface area contributed by atoms with Gasteiger partial charge in [0.1, 0.15) is 0 Å². The number of hydrogen-bond acceptors (Lipinski definition) is 5. The Morgan fingerprint density at radius 1 is 1.00 bits per heavy atom. The van der Waals surface area contributed by atoms with Gasteiger partial charge in [0.25, 0.3) is 5.22 Å². The second-order valence-electron chi connectivity index (χ2n) is 6.81. The Kier molecular flexibility index (Phi) is 5.62. The first kappa shape index (κ1) is 19.2. The highest BCUT2D eigenvalue weighted by Gasteiger charge is 2.18. The highest BCUT2D eigenvalue weighted by atomic mass is 32.2. The molecule has 0 spiro atoms. The number of hydrogen-bond donors (Lipinski definition) is 0. The van der Waals surface area contributed by atoms with Crippen molar-refractivity contribution in [2.75, 3.05) is 5.75 Å². The molecule has 4 aromatic rings. The maximum Gasteiger partial charge on any atom is 0.277 e. The predicted molar refractivity (Wildman–Crippen MR) is 114 cm³/mol. The van der Waals surface area contributed by atoms with E-state index in [9.17, 15) is 4.79 Å². The van der Waals surface area contributed by atoms with Crippen LogP contribution in [0.1, 0.15) is 27.3 Å². The van der Waals surface area contributed by atoms with E-state index >= 15 is 0 Å². The fourth-order valence-corrected chi connectivity index (χ4v) is 3.91. The minimum atomic E-state index is 0.0573. The van der Waals surface area contributed by atoms with E-state index in [1.54, 1.807) is 0 Å². The Labute approximate surface area is 173 Å². The number of carbonyl (C=O) groups is 1. The van der Waals surface area contributed by atoms with Crippen molar-refractivity contribution in [2.45, 2.75) is 25.6 Å². The highest BCUT2D eigenvalue weighted by Crippen LogP contribution is 2.25. The van der Waals surface area contributed by atoms with Crippen LogP contribution in [0.15, 0.2) is 76.4 Å². The van der Waals surface area contributed by atoms with Gasteiger partial charge in [0.05, 0.1) is 5.75 Å². The number of carbonyl (C=O) groups excluding carboxylic acids is 1. The number of aryl methyl sites for hydroxylation is 1. The minimum absolute atomic E-state index is 0.0573. The van der Waals surface area contributed by atoms with Crippen molar-refractivity contribution >= 4 is 17.5 Å². The third-order valence-corrected chi connectivity index (χ3v) is 5.63. The molecular weight excluding hydrogens is 382 g/mol. The van der Waals surface area contributed by atoms with Gasteiger partial charge in [-0.05, 0) is 37.6 Å². The normalized spacial score (nSPS) is 11.0. The van der Waals surface area contributed by atoms with Crippen LogP contribution in [0.3, 0.4) is 0 Å². The van der Waals surface area contributed by atoms with Crippen LogP contribution in [0, 0.1) is 13.8 Å². The third kappa shape index (κ3) is 4.32. The molecule has 0 bridgehead atoms. The summed E-state index contributed by atoms with van der Waals surface area (Å²) in [5.41, 5.74) is 4.87. The lowest BCUT2D eigenvalue weighted by atomic mass is 10.2. The molecule has 4 rings (SSSR count). The number of rotatable bonds is 7. The van der Waals surface area contributed by atoms with Gasteiger partial charge in [0.15, 0.2) is 5.78 Å². The van der Waals surface area contributed by atoms with E-state index in [2.05, 4.69) is 26.9 Å². The number of ketones is 1. The van der Waals surface area contributed by atoms with Gasteiger partial charge in [-0.2, -0.15) is 0 Å². The van der Waals surface area contributed by atoms with E-state index in [1.165, 1.54) is 17.3 Å². The number of thioether (sulfide) groups is 1. The van der Waals surface area contributed by atoms with Crippen molar-refractivity contribution in [3.63, 3.8) is 0 Å². The summed E-state index contributed by atoms with van der Waals surface area (Å²) in [5, 5.41) is 8.51. The van der Waals surface area contributed by atoms with Crippen LogP contribution in [0.25, 0.3) is 11.5 Å². The van der Waals surface area contributed by atoms with Crippen LogP contribution in [0.5, 0.6) is 0 Å². The van der Waals surface area contributed by atoms with Crippen molar-refractivity contribution in [1.29, 1.82) is 0 Å². The van der Waals surface area contributed by atoms with Crippen LogP contribution in [0.2, 0.25) is 0 Å². The van der Waals surface area contributed by atoms with Gasteiger partial charge in [0.2, 0.25) is 5.89 Å². The maximum absolute atomic E-state index is 12.8. The molecule has 2 aromatic heterocycles. The van der Waals surface area contributed by atoms with Gasteiger partial charge in [-0.3, -0.25) is 4.79 Å². The zero-order valence-electron chi connectivity index (χ0n) is 16.3. The molecule has 0 radical (unpaired) electrons. The zero-order valence-corrected chi connectivity index (χ0v) is 17.1. The van der Waals surface area contributed by atoms with Crippen molar-refractivity contribution in [3.05, 3.63) is 89.2 Å². The van der Waals surface area contributed by atoms with E-state index in [1.807, 2.05) is 68.4 Å². The topological polar surface area (TPSA) is 60.9 Å². The van der Waals surface area contributed by atoms with E-state index in [4.69, 9.17) is 4.42 Å². The van der Waals surface area contributed by atoms with Crippen LogP contribution in [-0.2, 0) is 6.54 Å². The van der Waals surface area contributed by atoms with Crippen molar-refractivity contribution < 1.29 is 9.21 Å². The molecule has 0 saturated heterocycles. The zero-order chi connectivity index (χ0) is 20.2. The average molecular weight is 404 g/mol. The second-order valence-corrected chi connectivity index (χ2v) is 7.73. The van der Waals surface area contributed by atoms with Gasteiger partial charge in [-0.15, -0.1) is 10.2 Å². The Bertz CT molecular complexity index is 1120. The predicted octanol–water partition coefficient (Wildman–Crippen LogP) is 5.18. The first-order valence-electron chi connectivity index (χ1n) is 9.37.